The van der Waals surface area contributed by atoms with Crippen molar-refractivity contribution < 1.29 is 9.59 Å². The van der Waals surface area contributed by atoms with Gasteiger partial charge in [0.25, 0.3) is 0 Å². The van der Waals surface area contributed by atoms with Crippen LogP contribution in [0.5, 0.6) is 0 Å². The van der Waals surface area contributed by atoms with Crippen LogP contribution in [-0.4, -0.2) is 68.6 Å². The molecule has 0 aromatic rings. The Morgan fingerprint density at radius 1 is 1.14 bits per heavy atom. The Labute approximate surface area is 128 Å². The number of nitrogens with one attached hydrogen (secondary N) is 2. The molecule has 6 heteroatoms. The fourth-order valence-corrected chi connectivity index (χ4v) is 2.62. The number of rotatable bonds is 6. The zero-order valence-corrected chi connectivity index (χ0v) is 13.8. The van der Waals surface area contributed by atoms with E-state index in [0.717, 1.165) is 6.42 Å². The van der Waals surface area contributed by atoms with Gasteiger partial charge in [0.2, 0.25) is 5.91 Å². The van der Waals surface area contributed by atoms with E-state index in [4.69, 9.17) is 0 Å². The number of amides is 3. The Balaban J connectivity index is 2.19. The number of hydrogen-bond donors (Lipinski definition) is 2. The number of likely N-dealkylation sites (N-methyl/N-ethyl adjacent to an activating group) is 1. The fourth-order valence-electron chi connectivity index (χ4n) is 2.62. The maximum absolute atomic E-state index is 12.0. The molecule has 1 aliphatic rings. The first-order valence-corrected chi connectivity index (χ1v) is 7.83. The maximum Gasteiger partial charge on any atom is 0.316 e. The van der Waals surface area contributed by atoms with Crippen molar-refractivity contribution in [2.75, 3.05) is 40.8 Å². The zero-order valence-electron chi connectivity index (χ0n) is 13.8. The van der Waals surface area contributed by atoms with E-state index >= 15 is 0 Å². The molecular weight excluding hydrogens is 268 g/mol. The summed E-state index contributed by atoms with van der Waals surface area (Å²) >= 11 is 0. The van der Waals surface area contributed by atoms with Crippen molar-refractivity contribution in [1.82, 2.24) is 20.4 Å². The molecule has 2 N–H and O–H groups in total. The highest BCUT2D eigenvalue weighted by Crippen LogP contribution is 2.23. The van der Waals surface area contributed by atoms with Crippen LogP contribution in [0.4, 0.5) is 4.79 Å². The van der Waals surface area contributed by atoms with Crippen LogP contribution in [-0.2, 0) is 4.79 Å². The third-order valence-electron chi connectivity index (χ3n) is 4.05. The molecule has 0 spiro atoms. The molecule has 21 heavy (non-hydrogen) atoms. The second-order valence-electron chi connectivity index (χ2n) is 6.30. The van der Waals surface area contributed by atoms with Gasteiger partial charge in [-0.15, -0.1) is 0 Å². The van der Waals surface area contributed by atoms with E-state index in [1.807, 2.05) is 11.9 Å². The molecule has 0 heterocycles. The molecule has 1 aliphatic carbocycles. The summed E-state index contributed by atoms with van der Waals surface area (Å²) in [5, 5.41) is 5.93. The molecule has 0 radical (unpaired) electrons. The van der Waals surface area contributed by atoms with Crippen LogP contribution in [0, 0.1) is 5.92 Å². The first-order chi connectivity index (χ1) is 9.90. The van der Waals surface area contributed by atoms with Gasteiger partial charge in [-0.3, -0.25) is 9.69 Å². The number of urea groups is 1. The molecule has 3 amide bonds. The normalized spacial score (nSPS) is 22.0. The smallest absolute Gasteiger partial charge is 0.316 e. The van der Waals surface area contributed by atoms with Gasteiger partial charge in [0, 0.05) is 33.2 Å². The number of hydrogen-bond acceptors (Lipinski definition) is 3. The Bertz CT molecular complexity index is 347. The van der Waals surface area contributed by atoms with Crippen LogP contribution in [0.15, 0.2) is 0 Å². The minimum Gasteiger partial charge on any atom is -0.352 e. The van der Waals surface area contributed by atoms with E-state index in [0.29, 0.717) is 31.6 Å². The largest absolute Gasteiger partial charge is 0.352 e. The topological polar surface area (TPSA) is 64.7 Å². The van der Waals surface area contributed by atoms with Crippen LogP contribution < -0.4 is 10.6 Å². The van der Waals surface area contributed by atoms with E-state index in [1.54, 1.807) is 14.1 Å². The first-order valence-electron chi connectivity index (χ1n) is 7.83. The van der Waals surface area contributed by atoms with Crippen molar-refractivity contribution in [3.05, 3.63) is 0 Å². The molecule has 0 aromatic carbocycles. The van der Waals surface area contributed by atoms with Crippen molar-refractivity contribution in [2.45, 2.75) is 38.6 Å². The van der Waals surface area contributed by atoms with Gasteiger partial charge >= 0.3 is 6.03 Å². The van der Waals surface area contributed by atoms with E-state index in [9.17, 15) is 9.59 Å². The molecule has 0 aromatic heterocycles. The van der Waals surface area contributed by atoms with Crippen LogP contribution in [0.25, 0.3) is 0 Å². The van der Waals surface area contributed by atoms with Crippen molar-refractivity contribution in [2.24, 2.45) is 5.92 Å². The molecule has 0 aliphatic heterocycles. The number of carbonyl (C=O) groups is 2. The highest BCUT2D eigenvalue weighted by atomic mass is 16.2. The highest BCUT2D eigenvalue weighted by molar-refractivity contribution is 5.78. The summed E-state index contributed by atoms with van der Waals surface area (Å²) in [7, 11) is 5.31. The standard InChI is InChI=1S/C15H30N4O2/c1-12-7-5-6-8-13(12)17-14(20)11-19(4)10-9-16-15(21)18(2)3/h12-13H,5-11H2,1-4H3,(H,16,21)(H,17,20)/t12-,13-/m1/s1. The summed E-state index contributed by atoms with van der Waals surface area (Å²) in [5.74, 6) is 0.655. The quantitative estimate of drug-likeness (QED) is 0.765. The van der Waals surface area contributed by atoms with Crippen LogP contribution in [0.3, 0.4) is 0 Å². The predicted octanol–water partition coefficient (Wildman–Crippen LogP) is 0.884. The van der Waals surface area contributed by atoms with Crippen molar-refractivity contribution in [1.29, 1.82) is 0 Å². The van der Waals surface area contributed by atoms with Gasteiger partial charge in [-0.05, 0) is 25.8 Å². The van der Waals surface area contributed by atoms with Gasteiger partial charge in [-0.25, -0.2) is 4.79 Å². The Hall–Kier alpha value is -1.30. The van der Waals surface area contributed by atoms with Crippen LogP contribution in [0.2, 0.25) is 0 Å². The monoisotopic (exact) mass is 298 g/mol. The summed E-state index contributed by atoms with van der Waals surface area (Å²) in [6.45, 7) is 3.79. The van der Waals surface area contributed by atoms with Gasteiger partial charge in [0.15, 0.2) is 0 Å². The summed E-state index contributed by atoms with van der Waals surface area (Å²) in [4.78, 5) is 26.8. The average molecular weight is 298 g/mol. The van der Waals surface area contributed by atoms with Gasteiger partial charge in [-0.2, -0.15) is 0 Å². The lowest BCUT2D eigenvalue weighted by Crippen LogP contribution is -2.46. The lowest BCUT2D eigenvalue weighted by molar-refractivity contribution is -0.123. The Morgan fingerprint density at radius 2 is 1.81 bits per heavy atom. The maximum atomic E-state index is 12.0. The second-order valence-corrected chi connectivity index (χ2v) is 6.30. The van der Waals surface area contributed by atoms with E-state index < -0.39 is 0 Å². The first kappa shape index (κ1) is 17.8. The van der Waals surface area contributed by atoms with E-state index in [1.165, 1.54) is 24.2 Å². The molecule has 1 rings (SSSR count). The lowest BCUT2D eigenvalue weighted by Gasteiger charge is -2.30. The second kappa shape index (κ2) is 8.87. The third-order valence-corrected chi connectivity index (χ3v) is 4.05. The predicted molar refractivity (Wildman–Crippen MR) is 84.1 cm³/mol. The molecule has 0 saturated heterocycles. The van der Waals surface area contributed by atoms with Crippen LogP contribution >= 0.6 is 0 Å². The molecular formula is C15H30N4O2. The Kier molecular flexibility index (Phi) is 7.50. The third kappa shape index (κ3) is 6.80. The highest BCUT2D eigenvalue weighted by Gasteiger charge is 2.22. The molecule has 1 fully saturated rings. The molecule has 2 atom stereocenters. The van der Waals surface area contributed by atoms with Crippen molar-refractivity contribution in [3.8, 4) is 0 Å². The van der Waals surface area contributed by atoms with Gasteiger partial charge in [0.1, 0.15) is 0 Å². The molecule has 6 nitrogen and oxygen atoms in total. The van der Waals surface area contributed by atoms with E-state index in [-0.39, 0.29) is 11.9 Å². The van der Waals surface area contributed by atoms with Crippen LogP contribution in [0.1, 0.15) is 32.6 Å². The van der Waals surface area contributed by atoms with Crippen molar-refractivity contribution in [3.63, 3.8) is 0 Å². The molecule has 1 saturated carbocycles. The Morgan fingerprint density at radius 3 is 2.43 bits per heavy atom. The zero-order chi connectivity index (χ0) is 15.8. The number of nitrogens with zero attached hydrogens (tertiary/aromatic N) is 2. The fraction of sp³-hybridized carbons (Fsp3) is 0.867. The minimum atomic E-state index is -0.108. The van der Waals surface area contributed by atoms with Gasteiger partial charge in [0.05, 0.1) is 6.54 Å². The summed E-state index contributed by atoms with van der Waals surface area (Å²) in [6, 6.07) is 0.219. The van der Waals surface area contributed by atoms with Gasteiger partial charge in [-0.1, -0.05) is 19.8 Å². The average Bonchev–Trinajstić information content (AvgIpc) is 2.41. The molecule has 0 bridgehead atoms. The minimum absolute atomic E-state index is 0.0789. The lowest BCUT2D eigenvalue weighted by atomic mass is 9.86. The summed E-state index contributed by atoms with van der Waals surface area (Å²) in [5.41, 5.74) is 0. The SMILES string of the molecule is C[C@@H]1CCCC[C@H]1NC(=O)CN(C)CCNC(=O)N(C)C. The molecule has 122 valence electrons. The summed E-state index contributed by atoms with van der Waals surface area (Å²) < 4.78 is 0. The van der Waals surface area contributed by atoms with Gasteiger partial charge < -0.3 is 15.5 Å². The summed E-state index contributed by atoms with van der Waals surface area (Å²) in [6.07, 6.45) is 4.79. The van der Waals surface area contributed by atoms with E-state index in [2.05, 4.69) is 17.6 Å². The molecule has 0 unspecified atom stereocenters. The number of carbonyl (C=O) groups excluding carboxylic acids is 2. The van der Waals surface area contributed by atoms with Crippen molar-refractivity contribution >= 4 is 11.9 Å².